The van der Waals surface area contributed by atoms with Gasteiger partial charge in [-0.3, -0.25) is 10.1 Å². The number of nitrogens with two attached hydrogens (primary N) is 1. The number of nitro benzene ring substituents is 1. The van der Waals surface area contributed by atoms with E-state index in [0.29, 0.717) is 0 Å². The van der Waals surface area contributed by atoms with E-state index in [2.05, 4.69) is 5.32 Å². The molecule has 0 unspecified atom stereocenters. The van der Waals surface area contributed by atoms with Crippen molar-refractivity contribution >= 4 is 22.7 Å². The number of nitrogen functional groups attached to an aromatic ring is 1. The van der Waals surface area contributed by atoms with Crippen molar-refractivity contribution in [3.05, 3.63) is 58.1 Å². The third-order valence-electron chi connectivity index (χ3n) is 2.38. The highest BCUT2D eigenvalue weighted by Crippen LogP contribution is 2.27. The first-order valence-corrected chi connectivity index (χ1v) is 5.23. The van der Waals surface area contributed by atoms with Gasteiger partial charge in [-0.15, -0.1) is 0 Å². The number of nitrogens with one attached hydrogen (secondary N) is 1. The Hall–Kier alpha value is -2.70. The lowest BCUT2D eigenvalue weighted by Crippen LogP contribution is -1.98. The van der Waals surface area contributed by atoms with Crippen LogP contribution in [-0.2, 0) is 0 Å². The number of nitrogens with zero attached hydrogens (tertiary/aromatic N) is 1. The minimum absolute atomic E-state index is 0.125. The third kappa shape index (κ3) is 2.76. The van der Waals surface area contributed by atoms with Crippen molar-refractivity contribution in [1.29, 1.82) is 0 Å². The quantitative estimate of drug-likeness (QED) is 0.507. The van der Waals surface area contributed by atoms with E-state index < -0.39 is 16.6 Å². The van der Waals surface area contributed by atoms with Crippen LogP contribution in [0.2, 0.25) is 0 Å². The number of hydrogen-bond acceptors (Lipinski definition) is 4. The Labute approximate surface area is 106 Å². The van der Waals surface area contributed by atoms with Crippen molar-refractivity contribution in [2.24, 2.45) is 0 Å². The SMILES string of the molecule is Nc1cc(Nc2cccc(F)c2F)cc([N+](=O)[O-])c1. The molecule has 0 spiro atoms. The Morgan fingerprint density at radius 1 is 1.21 bits per heavy atom. The van der Waals surface area contributed by atoms with Crippen LogP contribution in [0.5, 0.6) is 0 Å². The zero-order chi connectivity index (χ0) is 14.0. The molecule has 0 amide bonds. The van der Waals surface area contributed by atoms with Crippen molar-refractivity contribution in [3.8, 4) is 0 Å². The fourth-order valence-electron chi connectivity index (χ4n) is 1.57. The fraction of sp³-hybridized carbons (Fsp3) is 0. The van der Waals surface area contributed by atoms with Crippen LogP contribution >= 0.6 is 0 Å². The molecule has 0 saturated heterocycles. The smallest absolute Gasteiger partial charge is 0.273 e. The number of halogens is 2. The van der Waals surface area contributed by atoms with Crippen LogP contribution in [0.1, 0.15) is 0 Å². The molecule has 0 aliphatic carbocycles. The maximum atomic E-state index is 13.4. The van der Waals surface area contributed by atoms with E-state index in [1.165, 1.54) is 30.3 Å². The van der Waals surface area contributed by atoms with Crippen molar-refractivity contribution in [2.45, 2.75) is 0 Å². The largest absolute Gasteiger partial charge is 0.398 e. The van der Waals surface area contributed by atoms with Crippen molar-refractivity contribution in [3.63, 3.8) is 0 Å². The lowest BCUT2D eigenvalue weighted by Gasteiger charge is -2.08. The molecule has 0 atom stereocenters. The van der Waals surface area contributed by atoms with Crippen LogP contribution in [0.15, 0.2) is 36.4 Å². The summed E-state index contributed by atoms with van der Waals surface area (Å²) < 4.78 is 26.5. The van der Waals surface area contributed by atoms with Gasteiger partial charge in [-0.05, 0) is 18.2 Å². The second-order valence-corrected chi connectivity index (χ2v) is 3.80. The fourth-order valence-corrected chi connectivity index (χ4v) is 1.57. The van der Waals surface area contributed by atoms with Crippen molar-refractivity contribution in [2.75, 3.05) is 11.1 Å². The first-order chi connectivity index (χ1) is 8.97. The van der Waals surface area contributed by atoms with Gasteiger partial charge in [-0.25, -0.2) is 8.78 Å². The second-order valence-electron chi connectivity index (χ2n) is 3.80. The van der Waals surface area contributed by atoms with E-state index in [-0.39, 0.29) is 22.7 Å². The maximum Gasteiger partial charge on any atom is 0.273 e. The number of rotatable bonds is 3. The van der Waals surface area contributed by atoms with Crippen LogP contribution < -0.4 is 11.1 Å². The molecule has 0 bridgehead atoms. The van der Waals surface area contributed by atoms with Gasteiger partial charge in [0.2, 0.25) is 0 Å². The van der Waals surface area contributed by atoms with Gasteiger partial charge in [-0.1, -0.05) is 6.07 Å². The van der Waals surface area contributed by atoms with E-state index in [9.17, 15) is 18.9 Å². The molecule has 2 aromatic rings. The molecule has 2 aromatic carbocycles. The normalized spacial score (nSPS) is 10.2. The number of non-ortho nitro benzene ring substituents is 1. The van der Waals surface area contributed by atoms with Gasteiger partial charge < -0.3 is 11.1 Å². The van der Waals surface area contributed by atoms with Crippen LogP contribution in [0.3, 0.4) is 0 Å². The lowest BCUT2D eigenvalue weighted by molar-refractivity contribution is -0.384. The molecule has 0 heterocycles. The molecule has 2 rings (SSSR count). The monoisotopic (exact) mass is 265 g/mol. The van der Waals surface area contributed by atoms with Gasteiger partial charge in [0.25, 0.3) is 5.69 Å². The summed E-state index contributed by atoms with van der Waals surface area (Å²) in [5, 5.41) is 13.2. The van der Waals surface area contributed by atoms with Crippen LogP contribution in [-0.4, -0.2) is 4.92 Å². The van der Waals surface area contributed by atoms with Crippen LogP contribution in [0.25, 0.3) is 0 Å². The van der Waals surface area contributed by atoms with Crippen molar-refractivity contribution in [1.82, 2.24) is 0 Å². The molecule has 0 fully saturated rings. The molecule has 98 valence electrons. The summed E-state index contributed by atoms with van der Waals surface area (Å²) in [5.74, 6) is -2.07. The molecule has 0 aliphatic heterocycles. The predicted octanol–water partition coefficient (Wildman–Crippen LogP) is 3.20. The average molecular weight is 265 g/mol. The van der Waals surface area contributed by atoms with Gasteiger partial charge >= 0.3 is 0 Å². The topological polar surface area (TPSA) is 81.2 Å². The molecule has 0 radical (unpaired) electrons. The molecule has 7 heteroatoms. The zero-order valence-electron chi connectivity index (χ0n) is 9.56. The first kappa shape index (κ1) is 12.7. The number of nitro groups is 1. The van der Waals surface area contributed by atoms with Crippen LogP contribution in [0, 0.1) is 21.7 Å². The summed E-state index contributed by atoms with van der Waals surface area (Å²) >= 11 is 0. The maximum absolute atomic E-state index is 13.4. The molecule has 0 aromatic heterocycles. The molecule has 0 saturated carbocycles. The average Bonchev–Trinajstić information content (AvgIpc) is 2.34. The Kier molecular flexibility index (Phi) is 3.28. The Balaban J connectivity index is 2.38. The minimum atomic E-state index is -1.06. The van der Waals surface area contributed by atoms with Gasteiger partial charge in [0.05, 0.1) is 10.6 Å². The standard InChI is InChI=1S/C12H9F2N3O2/c13-10-2-1-3-11(12(10)14)16-8-4-7(15)5-9(6-8)17(18)19/h1-6,16H,15H2. The number of hydrogen-bond donors (Lipinski definition) is 2. The minimum Gasteiger partial charge on any atom is -0.398 e. The molecule has 0 aliphatic rings. The molecule has 19 heavy (non-hydrogen) atoms. The van der Waals surface area contributed by atoms with E-state index in [1.54, 1.807) is 0 Å². The van der Waals surface area contributed by atoms with Gasteiger partial charge in [0.15, 0.2) is 11.6 Å². The Morgan fingerprint density at radius 2 is 1.95 bits per heavy atom. The van der Waals surface area contributed by atoms with Gasteiger partial charge in [-0.2, -0.15) is 0 Å². The summed E-state index contributed by atoms with van der Waals surface area (Å²) in [6.07, 6.45) is 0. The van der Waals surface area contributed by atoms with E-state index in [0.717, 1.165) is 6.07 Å². The summed E-state index contributed by atoms with van der Waals surface area (Å²) in [7, 11) is 0. The van der Waals surface area contributed by atoms with Crippen LogP contribution in [0.4, 0.5) is 31.5 Å². The Morgan fingerprint density at radius 3 is 2.63 bits per heavy atom. The predicted molar refractivity (Wildman–Crippen MR) is 67.1 cm³/mol. The Bertz CT molecular complexity index is 647. The second kappa shape index (κ2) is 4.89. The van der Waals surface area contributed by atoms with E-state index in [4.69, 9.17) is 5.73 Å². The number of benzene rings is 2. The van der Waals surface area contributed by atoms with Crippen molar-refractivity contribution < 1.29 is 13.7 Å². The summed E-state index contributed by atoms with van der Waals surface area (Å²) in [6, 6.07) is 7.35. The highest BCUT2D eigenvalue weighted by Gasteiger charge is 2.11. The van der Waals surface area contributed by atoms with Gasteiger partial charge in [0, 0.05) is 23.5 Å². The molecular weight excluding hydrogens is 256 g/mol. The summed E-state index contributed by atoms with van der Waals surface area (Å²) in [6.45, 7) is 0. The van der Waals surface area contributed by atoms with Gasteiger partial charge in [0.1, 0.15) is 0 Å². The lowest BCUT2D eigenvalue weighted by atomic mass is 10.2. The zero-order valence-corrected chi connectivity index (χ0v) is 9.56. The summed E-state index contributed by atoms with van der Waals surface area (Å²) in [5.41, 5.74) is 5.50. The summed E-state index contributed by atoms with van der Waals surface area (Å²) in [4.78, 5) is 10.0. The molecule has 3 N–H and O–H groups in total. The highest BCUT2D eigenvalue weighted by atomic mass is 19.2. The molecular formula is C12H9F2N3O2. The highest BCUT2D eigenvalue weighted by molar-refractivity contribution is 5.67. The molecule has 5 nitrogen and oxygen atoms in total. The number of anilines is 3. The van der Waals surface area contributed by atoms with E-state index in [1.807, 2.05) is 0 Å². The third-order valence-corrected chi connectivity index (χ3v) is 2.38. The van der Waals surface area contributed by atoms with E-state index >= 15 is 0 Å². The first-order valence-electron chi connectivity index (χ1n) is 5.23.